The Morgan fingerprint density at radius 1 is 1.29 bits per heavy atom. The zero-order valence-electron chi connectivity index (χ0n) is 13.4. The standard InChI is InChI=1S/C18H27NO2/c1-13(2)21-16-8-7-14(12-15(16)20)18-9-5-4-6-17(18)19(3)11-10-18/h7-8,12-13,17,20H,4-6,9-11H2,1-3H3/t17?,18-/m0/s1. The van der Waals surface area contributed by atoms with Crippen molar-refractivity contribution in [3.63, 3.8) is 0 Å². The van der Waals surface area contributed by atoms with Gasteiger partial charge in [0.1, 0.15) is 0 Å². The van der Waals surface area contributed by atoms with E-state index in [1.54, 1.807) is 0 Å². The monoisotopic (exact) mass is 289 g/mol. The number of phenolic OH excluding ortho intramolecular Hbond substituents is 1. The van der Waals surface area contributed by atoms with Gasteiger partial charge in [0, 0.05) is 11.5 Å². The molecular formula is C18H27NO2. The van der Waals surface area contributed by atoms with Crippen molar-refractivity contribution in [2.45, 2.75) is 63.5 Å². The number of ether oxygens (including phenoxy) is 1. The molecule has 1 aliphatic heterocycles. The largest absolute Gasteiger partial charge is 0.504 e. The molecule has 1 aromatic carbocycles. The number of phenols is 1. The summed E-state index contributed by atoms with van der Waals surface area (Å²) in [5, 5.41) is 10.3. The molecule has 0 spiro atoms. The molecule has 21 heavy (non-hydrogen) atoms. The van der Waals surface area contributed by atoms with E-state index >= 15 is 0 Å². The van der Waals surface area contributed by atoms with Gasteiger partial charge in [-0.1, -0.05) is 18.9 Å². The highest BCUT2D eigenvalue weighted by molar-refractivity contribution is 5.45. The maximum atomic E-state index is 10.3. The van der Waals surface area contributed by atoms with Crippen molar-refractivity contribution in [3.05, 3.63) is 23.8 Å². The van der Waals surface area contributed by atoms with Crippen LogP contribution in [0.3, 0.4) is 0 Å². The van der Waals surface area contributed by atoms with E-state index in [4.69, 9.17) is 4.74 Å². The summed E-state index contributed by atoms with van der Waals surface area (Å²) in [5.74, 6) is 0.887. The molecule has 3 rings (SSSR count). The molecule has 1 aromatic rings. The Bertz CT molecular complexity index is 510. The van der Waals surface area contributed by atoms with Crippen molar-refractivity contribution in [2.24, 2.45) is 0 Å². The topological polar surface area (TPSA) is 32.7 Å². The second-order valence-corrected chi connectivity index (χ2v) is 7.00. The summed E-state index contributed by atoms with van der Waals surface area (Å²) in [5.41, 5.74) is 1.53. The Labute approximate surface area is 127 Å². The third-order valence-electron chi connectivity index (χ3n) is 5.33. The number of fused-ring (bicyclic) bond motifs is 1. The minimum atomic E-state index is 0.0833. The van der Waals surface area contributed by atoms with Gasteiger partial charge in [-0.3, -0.25) is 0 Å². The highest BCUT2D eigenvalue weighted by Gasteiger charge is 2.48. The van der Waals surface area contributed by atoms with Gasteiger partial charge in [0.15, 0.2) is 11.5 Å². The van der Waals surface area contributed by atoms with Crippen LogP contribution < -0.4 is 4.74 Å². The summed E-state index contributed by atoms with van der Waals surface area (Å²) in [4.78, 5) is 2.51. The molecule has 1 saturated heterocycles. The Kier molecular flexibility index (Phi) is 3.87. The van der Waals surface area contributed by atoms with Crippen LogP contribution in [0.2, 0.25) is 0 Å². The van der Waals surface area contributed by atoms with Gasteiger partial charge >= 0.3 is 0 Å². The summed E-state index contributed by atoms with van der Waals surface area (Å²) < 4.78 is 5.66. The van der Waals surface area contributed by atoms with E-state index in [2.05, 4.69) is 18.0 Å². The van der Waals surface area contributed by atoms with E-state index < -0.39 is 0 Å². The molecule has 0 bridgehead atoms. The lowest BCUT2D eigenvalue weighted by Crippen LogP contribution is -2.43. The van der Waals surface area contributed by atoms with Crippen LogP contribution in [0.1, 0.15) is 51.5 Å². The Hall–Kier alpha value is -1.22. The molecule has 1 heterocycles. The molecule has 2 fully saturated rings. The van der Waals surface area contributed by atoms with E-state index in [0.29, 0.717) is 11.8 Å². The maximum Gasteiger partial charge on any atom is 0.161 e. The zero-order valence-corrected chi connectivity index (χ0v) is 13.4. The van der Waals surface area contributed by atoms with Gasteiger partial charge in [0.2, 0.25) is 0 Å². The first-order valence-corrected chi connectivity index (χ1v) is 8.23. The summed E-state index contributed by atoms with van der Waals surface area (Å²) >= 11 is 0. The number of hydrogen-bond donors (Lipinski definition) is 1. The quantitative estimate of drug-likeness (QED) is 0.921. The Morgan fingerprint density at radius 3 is 2.81 bits per heavy atom. The highest BCUT2D eigenvalue weighted by Crippen LogP contribution is 2.49. The molecule has 0 radical (unpaired) electrons. The molecule has 1 saturated carbocycles. The lowest BCUT2D eigenvalue weighted by molar-refractivity contribution is 0.181. The fourth-order valence-electron chi connectivity index (χ4n) is 4.35. The molecule has 2 aliphatic rings. The van der Waals surface area contributed by atoms with Crippen molar-refractivity contribution in [3.8, 4) is 11.5 Å². The number of nitrogens with zero attached hydrogens (tertiary/aromatic N) is 1. The molecule has 0 aromatic heterocycles. The molecule has 0 amide bonds. The zero-order chi connectivity index (χ0) is 15.0. The average Bonchev–Trinajstić information content (AvgIpc) is 2.80. The number of benzene rings is 1. The van der Waals surface area contributed by atoms with Crippen LogP contribution >= 0.6 is 0 Å². The van der Waals surface area contributed by atoms with Crippen molar-refractivity contribution >= 4 is 0 Å². The molecular weight excluding hydrogens is 262 g/mol. The minimum Gasteiger partial charge on any atom is -0.504 e. The number of rotatable bonds is 3. The van der Waals surface area contributed by atoms with Gasteiger partial charge in [-0.05, 0) is 64.4 Å². The smallest absolute Gasteiger partial charge is 0.161 e. The van der Waals surface area contributed by atoms with E-state index in [0.717, 1.165) is 6.54 Å². The number of likely N-dealkylation sites (tertiary alicyclic amines) is 1. The van der Waals surface area contributed by atoms with Crippen LogP contribution in [0.4, 0.5) is 0 Å². The van der Waals surface area contributed by atoms with Gasteiger partial charge in [-0.2, -0.15) is 0 Å². The minimum absolute atomic E-state index is 0.0833. The summed E-state index contributed by atoms with van der Waals surface area (Å²) in [6.07, 6.45) is 6.44. The van der Waals surface area contributed by atoms with E-state index in [1.165, 1.54) is 37.7 Å². The van der Waals surface area contributed by atoms with Crippen molar-refractivity contribution in [1.29, 1.82) is 0 Å². The van der Waals surface area contributed by atoms with Gasteiger partial charge < -0.3 is 14.7 Å². The van der Waals surface area contributed by atoms with Crippen LogP contribution in [0.15, 0.2) is 18.2 Å². The normalized spacial score (nSPS) is 29.6. The molecule has 3 heteroatoms. The second kappa shape index (κ2) is 5.53. The number of aromatic hydroxyl groups is 1. The molecule has 116 valence electrons. The van der Waals surface area contributed by atoms with Gasteiger partial charge in [-0.25, -0.2) is 0 Å². The summed E-state index contributed by atoms with van der Waals surface area (Å²) in [6, 6.07) is 6.70. The lowest BCUT2D eigenvalue weighted by Gasteiger charge is -2.41. The first-order chi connectivity index (χ1) is 10.0. The first kappa shape index (κ1) is 14.7. The predicted molar refractivity (Wildman–Crippen MR) is 85.1 cm³/mol. The average molecular weight is 289 g/mol. The third-order valence-corrected chi connectivity index (χ3v) is 5.33. The Morgan fingerprint density at radius 2 is 2.10 bits per heavy atom. The first-order valence-electron chi connectivity index (χ1n) is 8.23. The van der Waals surface area contributed by atoms with E-state index in [9.17, 15) is 5.11 Å². The van der Waals surface area contributed by atoms with Crippen molar-refractivity contribution in [2.75, 3.05) is 13.6 Å². The van der Waals surface area contributed by atoms with Crippen LogP contribution in [0.25, 0.3) is 0 Å². The SMILES string of the molecule is CC(C)Oc1ccc([C@@]23CCCCC2N(C)CC3)cc1O. The van der Waals surface area contributed by atoms with Gasteiger partial charge in [-0.15, -0.1) is 0 Å². The maximum absolute atomic E-state index is 10.3. The van der Waals surface area contributed by atoms with Crippen LogP contribution in [0, 0.1) is 0 Å². The van der Waals surface area contributed by atoms with Crippen LogP contribution in [0.5, 0.6) is 11.5 Å². The number of likely N-dealkylation sites (N-methyl/N-ethyl adjacent to an activating group) is 1. The predicted octanol–water partition coefficient (Wildman–Crippen LogP) is 3.70. The van der Waals surface area contributed by atoms with Gasteiger partial charge in [0.05, 0.1) is 6.10 Å². The summed E-state index contributed by atoms with van der Waals surface area (Å²) in [7, 11) is 2.24. The van der Waals surface area contributed by atoms with Gasteiger partial charge in [0.25, 0.3) is 0 Å². The molecule has 1 unspecified atom stereocenters. The lowest BCUT2D eigenvalue weighted by atomic mass is 9.66. The molecule has 1 aliphatic carbocycles. The molecule has 1 N–H and O–H groups in total. The van der Waals surface area contributed by atoms with Crippen LogP contribution in [-0.4, -0.2) is 35.7 Å². The fourth-order valence-corrected chi connectivity index (χ4v) is 4.35. The van der Waals surface area contributed by atoms with Crippen LogP contribution in [-0.2, 0) is 5.41 Å². The third kappa shape index (κ3) is 2.52. The number of hydrogen-bond acceptors (Lipinski definition) is 3. The highest BCUT2D eigenvalue weighted by atomic mass is 16.5. The van der Waals surface area contributed by atoms with E-state index in [1.807, 2.05) is 26.0 Å². The van der Waals surface area contributed by atoms with Crippen molar-refractivity contribution < 1.29 is 9.84 Å². The fraction of sp³-hybridized carbons (Fsp3) is 0.667. The molecule has 2 atom stereocenters. The van der Waals surface area contributed by atoms with Crippen molar-refractivity contribution in [1.82, 2.24) is 4.90 Å². The second-order valence-electron chi connectivity index (χ2n) is 7.00. The van der Waals surface area contributed by atoms with E-state index in [-0.39, 0.29) is 17.3 Å². The Balaban J connectivity index is 1.93. The molecule has 3 nitrogen and oxygen atoms in total. The summed E-state index contributed by atoms with van der Waals surface area (Å²) in [6.45, 7) is 5.12.